The van der Waals surface area contributed by atoms with Gasteiger partial charge in [-0.3, -0.25) is 0 Å². The molecule has 2 aliphatic rings. The van der Waals surface area contributed by atoms with E-state index in [1.165, 1.54) is 12.8 Å². The average molecular weight is 355 g/mol. The van der Waals surface area contributed by atoms with Gasteiger partial charge in [0.15, 0.2) is 11.5 Å². The number of nitrogens with one attached hydrogen (secondary N) is 1. The van der Waals surface area contributed by atoms with Crippen LogP contribution in [0, 0.1) is 0 Å². The summed E-state index contributed by atoms with van der Waals surface area (Å²) in [5, 5.41) is 2.96. The Balaban J connectivity index is 1.73. The first kappa shape index (κ1) is 14.5. The fourth-order valence-corrected chi connectivity index (χ4v) is 3.05. The minimum Gasteiger partial charge on any atom is -0.486 e. The maximum Gasteiger partial charge on any atom is 0.321 e. The fourth-order valence-electron chi connectivity index (χ4n) is 2.63. The van der Waals surface area contributed by atoms with E-state index < -0.39 is 0 Å². The van der Waals surface area contributed by atoms with Crippen molar-refractivity contribution in [3.8, 4) is 11.5 Å². The van der Waals surface area contributed by atoms with Crippen LogP contribution in [0.1, 0.15) is 25.7 Å². The number of nitrogens with zero attached hydrogens (tertiary/aromatic N) is 1. The van der Waals surface area contributed by atoms with E-state index in [0.29, 0.717) is 30.4 Å². The molecule has 0 aliphatic carbocycles. The Bertz CT molecular complexity index is 528. The van der Waals surface area contributed by atoms with Gasteiger partial charge in [0.05, 0.1) is 5.69 Å². The summed E-state index contributed by atoms with van der Waals surface area (Å²) in [6, 6.07) is 3.61. The van der Waals surface area contributed by atoms with Crippen LogP contribution in [-0.4, -0.2) is 37.2 Å². The summed E-state index contributed by atoms with van der Waals surface area (Å²) in [7, 11) is 0. The van der Waals surface area contributed by atoms with Crippen molar-refractivity contribution in [2.45, 2.75) is 25.7 Å². The predicted octanol–water partition coefficient (Wildman–Crippen LogP) is 3.63. The molecule has 5 nitrogen and oxygen atoms in total. The summed E-state index contributed by atoms with van der Waals surface area (Å²) < 4.78 is 11.9. The lowest BCUT2D eigenvalue weighted by Gasteiger charge is -2.23. The van der Waals surface area contributed by atoms with Gasteiger partial charge in [-0.05, 0) is 28.8 Å². The Hall–Kier alpha value is -1.43. The number of hydrogen-bond donors (Lipinski definition) is 1. The molecule has 2 heterocycles. The molecule has 0 saturated carbocycles. The monoisotopic (exact) mass is 354 g/mol. The highest BCUT2D eigenvalue weighted by Gasteiger charge is 2.19. The molecule has 0 spiro atoms. The summed E-state index contributed by atoms with van der Waals surface area (Å²) in [5.74, 6) is 1.39. The first-order chi connectivity index (χ1) is 10.2. The zero-order valence-corrected chi connectivity index (χ0v) is 13.4. The molecule has 1 saturated heterocycles. The minimum absolute atomic E-state index is 0.0470. The zero-order chi connectivity index (χ0) is 14.7. The highest BCUT2D eigenvalue weighted by atomic mass is 79.9. The molecule has 0 aromatic heterocycles. The number of anilines is 1. The molecule has 21 heavy (non-hydrogen) atoms. The van der Waals surface area contributed by atoms with Gasteiger partial charge in [0.1, 0.15) is 13.2 Å². The van der Waals surface area contributed by atoms with Gasteiger partial charge in [0, 0.05) is 29.7 Å². The van der Waals surface area contributed by atoms with Gasteiger partial charge in [-0.1, -0.05) is 12.8 Å². The van der Waals surface area contributed by atoms with Crippen LogP contribution in [-0.2, 0) is 0 Å². The molecule has 2 aliphatic heterocycles. The molecule has 6 heteroatoms. The van der Waals surface area contributed by atoms with E-state index in [4.69, 9.17) is 9.47 Å². The van der Waals surface area contributed by atoms with E-state index in [2.05, 4.69) is 21.2 Å². The largest absolute Gasteiger partial charge is 0.486 e. The summed E-state index contributed by atoms with van der Waals surface area (Å²) in [6.07, 6.45) is 4.57. The highest BCUT2D eigenvalue weighted by molar-refractivity contribution is 9.10. The van der Waals surface area contributed by atoms with Crippen LogP contribution >= 0.6 is 15.9 Å². The van der Waals surface area contributed by atoms with Crippen molar-refractivity contribution in [2.24, 2.45) is 0 Å². The number of likely N-dealkylation sites (tertiary alicyclic amines) is 1. The van der Waals surface area contributed by atoms with Crippen molar-refractivity contribution in [1.29, 1.82) is 0 Å². The third kappa shape index (κ3) is 3.43. The molecular formula is C15H19BrN2O3. The first-order valence-corrected chi connectivity index (χ1v) is 8.18. The number of halogens is 1. The van der Waals surface area contributed by atoms with Crippen molar-refractivity contribution in [3.05, 3.63) is 16.6 Å². The normalized spacial score (nSPS) is 18.0. The molecule has 1 fully saturated rings. The van der Waals surface area contributed by atoms with Crippen molar-refractivity contribution >= 4 is 27.6 Å². The van der Waals surface area contributed by atoms with Crippen LogP contribution in [0.25, 0.3) is 0 Å². The Labute approximate surface area is 132 Å². The van der Waals surface area contributed by atoms with E-state index in [9.17, 15) is 4.79 Å². The number of carbonyl (C=O) groups excluding carboxylic acids is 1. The van der Waals surface area contributed by atoms with Crippen LogP contribution < -0.4 is 14.8 Å². The topological polar surface area (TPSA) is 50.8 Å². The van der Waals surface area contributed by atoms with Crippen molar-refractivity contribution in [1.82, 2.24) is 4.90 Å². The van der Waals surface area contributed by atoms with Gasteiger partial charge in [-0.25, -0.2) is 4.79 Å². The van der Waals surface area contributed by atoms with Crippen LogP contribution in [0.4, 0.5) is 10.5 Å². The lowest BCUT2D eigenvalue weighted by Crippen LogP contribution is -2.35. The van der Waals surface area contributed by atoms with Gasteiger partial charge in [-0.15, -0.1) is 0 Å². The minimum atomic E-state index is -0.0470. The average Bonchev–Trinajstić information content (AvgIpc) is 2.77. The summed E-state index contributed by atoms with van der Waals surface area (Å²) in [6.45, 7) is 2.75. The maximum absolute atomic E-state index is 12.4. The molecule has 0 radical (unpaired) electrons. The number of ether oxygens (including phenoxy) is 2. The summed E-state index contributed by atoms with van der Waals surface area (Å²) >= 11 is 3.47. The van der Waals surface area contributed by atoms with Gasteiger partial charge in [0.25, 0.3) is 0 Å². The number of fused-ring (bicyclic) bond motifs is 1. The molecular weight excluding hydrogens is 336 g/mol. The van der Waals surface area contributed by atoms with Crippen molar-refractivity contribution in [3.63, 3.8) is 0 Å². The van der Waals surface area contributed by atoms with Crippen molar-refractivity contribution < 1.29 is 14.3 Å². The second kappa shape index (κ2) is 6.56. The molecule has 114 valence electrons. The van der Waals surface area contributed by atoms with Gasteiger partial charge >= 0.3 is 6.03 Å². The summed E-state index contributed by atoms with van der Waals surface area (Å²) in [4.78, 5) is 14.2. The van der Waals surface area contributed by atoms with Crippen LogP contribution in [0.2, 0.25) is 0 Å². The Kier molecular flexibility index (Phi) is 4.53. The number of carbonyl (C=O) groups is 1. The Morgan fingerprint density at radius 2 is 1.67 bits per heavy atom. The van der Waals surface area contributed by atoms with Gasteiger partial charge in [0.2, 0.25) is 0 Å². The number of urea groups is 1. The fraction of sp³-hybridized carbons (Fsp3) is 0.533. The molecule has 2 amide bonds. The van der Waals surface area contributed by atoms with E-state index in [-0.39, 0.29) is 6.03 Å². The number of amides is 2. The zero-order valence-electron chi connectivity index (χ0n) is 11.9. The van der Waals surface area contributed by atoms with E-state index >= 15 is 0 Å². The number of benzene rings is 1. The van der Waals surface area contributed by atoms with Crippen LogP contribution in [0.3, 0.4) is 0 Å². The molecule has 1 N–H and O–H groups in total. The molecule has 3 rings (SSSR count). The predicted molar refractivity (Wildman–Crippen MR) is 84.2 cm³/mol. The van der Waals surface area contributed by atoms with E-state index in [0.717, 1.165) is 30.4 Å². The standard InChI is InChI=1S/C15H19BrN2O3/c16-11-9-13-14(21-8-7-20-13)10-12(11)17-15(19)18-5-3-1-2-4-6-18/h9-10H,1-8H2,(H,17,19). The Morgan fingerprint density at radius 3 is 2.33 bits per heavy atom. The molecule has 1 aromatic carbocycles. The van der Waals surface area contributed by atoms with Gasteiger partial charge in [-0.2, -0.15) is 0 Å². The third-order valence-electron chi connectivity index (χ3n) is 3.77. The molecule has 0 unspecified atom stereocenters. The lowest BCUT2D eigenvalue weighted by atomic mass is 10.2. The molecule has 1 aromatic rings. The van der Waals surface area contributed by atoms with Crippen LogP contribution in [0.5, 0.6) is 11.5 Å². The molecule has 0 atom stereocenters. The molecule has 0 bridgehead atoms. The number of rotatable bonds is 1. The van der Waals surface area contributed by atoms with E-state index in [1.54, 1.807) is 0 Å². The SMILES string of the molecule is O=C(Nc1cc2c(cc1Br)OCCO2)N1CCCCCC1. The second-order valence-electron chi connectivity index (χ2n) is 5.31. The lowest BCUT2D eigenvalue weighted by molar-refractivity contribution is 0.171. The van der Waals surface area contributed by atoms with Gasteiger partial charge < -0.3 is 19.7 Å². The van der Waals surface area contributed by atoms with E-state index in [1.807, 2.05) is 17.0 Å². The third-order valence-corrected chi connectivity index (χ3v) is 4.42. The first-order valence-electron chi connectivity index (χ1n) is 7.39. The number of hydrogen-bond acceptors (Lipinski definition) is 3. The highest BCUT2D eigenvalue weighted by Crippen LogP contribution is 2.38. The Morgan fingerprint density at radius 1 is 1.05 bits per heavy atom. The summed E-state index contributed by atoms with van der Waals surface area (Å²) in [5.41, 5.74) is 0.716. The van der Waals surface area contributed by atoms with Crippen LogP contribution in [0.15, 0.2) is 16.6 Å². The second-order valence-corrected chi connectivity index (χ2v) is 6.16. The quantitative estimate of drug-likeness (QED) is 0.837. The van der Waals surface area contributed by atoms with Crippen molar-refractivity contribution in [2.75, 3.05) is 31.6 Å². The maximum atomic E-state index is 12.4. The smallest absolute Gasteiger partial charge is 0.321 e.